The van der Waals surface area contributed by atoms with Crippen LogP contribution in [0.5, 0.6) is 0 Å². The fraction of sp³-hybridized carbons (Fsp3) is 0.625. The van der Waals surface area contributed by atoms with Gasteiger partial charge >= 0.3 is 0 Å². The van der Waals surface area contributed by atoms with Crippen LogP contribution in [0, 0.1) is 11.7 Å². The third-order valence-electron chi connectivity index (χ3n) is 4.16. The lowest BCUT2D eigenvalue weighted by molar-refractivity contribution is 0.161. The molecule has 1 atom stereocenters. The van der Waals surface area contributed by atoms with Gasteiger partial charge in [-0.2, -0.15) is 0 Å². The smallest absolute Gasteiger partial charge is 0.127 e. The van der Waals surface area contributed by atoms with Crippen LogP contribution in [-0.2, 0) is 13.0 Å². The van der Waals surface area contributed by atoms with E-state index in [1.165, 1.54) is 12.8 Å². The number of hydrogen-bond donors (Lipinski definition) is 1. The maximum Gasteiger partial charge on any atom is 0.127 e. The van der Waals surface area contributed by atoms with Gasteiger partial charge in [0.2, 0.25) is 0 Å². The molecule has 20 heavy (non-hydrogen) atoms. The van der Waals surface area contributed by atoms with Gasteiger partial charge in [0.15, 0.2) is 0 Å². The van der Waals surface area contributed by atoms with Crippen molar-refractivity contribution in [3.05, 3.63) is 35.1 Å². The van der Waals surface area contributed by atoms with Gasteiger partial charge in [0.1, 0.15) is 5.82 Å². The summed E-state index contributed by atoms with van der Waals surface area (Å²) in [6.45, 7) is 5.74. The van der Waals surface area contributed by atoms with E-state index in [0.717, 1.165) is 50.1 Å². The number of benzene rings is 1. The lowest BCUT2D eigenvalue weighted by Gasteiger charge is -2.33. The number of rotatable bonds is 5. The Kier molecular flexibility index (Phi) is 7.49. The monoisotopic (exact) mass is 300 g/mol. The molecule has 1 aliphatic heterocycles. The van der Waals surface area contributed by atoms with Crippen molar-refractivity contribution in [2.45, 2.75) is 39.2 Å². The Bertz CT molecular complexity index is 409. The van der Waals surface area contributed by atoms with E-state index in [0.29, 0.717) is 5.92 Å². The summed E-state index contributed by atoms with van der Waals surface area (Å²) in [7, 11) is 0. The van der Waals surface area contributed by atoms with Crippen molar-refractivity contribution in [1.29, 1.82) is 0 Å². The highest BCUT2D eigenvalue weighted by molar-refractivity contribution is 5.85. The second-order valence-electron chi connectivity index (χ2n) is 5.55. The number of nitrogens with two attached hydrogens (primary N) is 1. The van der Waals surface area contributed by atoms with E-state index in [2.05, 4.69) is 11.8 Å². The molecule has 2 nitrogen and oxygen atoms in total. The molecular formula is C16H26ClFN2. The first-order chi connectivity index (χ1) is 9.24. The summed E-state index contributed by atoms with van der Waals surface area (Å²) in [5.74, 6) is 0.635. The normalized spacial score (nSPS) is 19.6. The molecule has 2 N–H and O–H groups in total. The number of hydrogen-bond acceptors (Lipinski definition) is 2. The van der Waals surface area contributed by atoms with Crippen molar-refractivity contribution in [3.63, 3.8) is 0 Å². The van der Waals surface area contributed by atoms with E-state index in [-0.39, 0.29) is 18.2 Å². The van der Waals surface area contributed by atoms with Gasteiger partial charge in [-0.1, -0.05) is 19.1 Å². The molecule has 1 fully saturated rings. The average molecular weight is 301 g/mol. The minimum absolute atomic E-state index is 0. The van der Waals surface area contributed by atoms with E-state index < -0.39 is 0 Å². The molecule has 1 aromatic carbocycles. The molecule has 0 saturated carbocycles. The topological polar surface area (TPSA) is 29.3 Å². The zero-order chi connectivity index (χ0) is 13.7. The summed E-state index contributed by atoms with van der Waals surface area (Å²) in [5, 5.41) is 0. The van der Waals surface area contributed by atoms with Crippen LogP contribution < -0.4 is 5.73 Å². The first-order valence-corrected chi connectivity index (χ1v) is 7.43. The maximum absolute atomic E-state index is 14.0. The summed E-state index contributed by atoms with van der Waals surface area (Å²) in [5.41, 5.74) is 7.68. The molecule has 1 aliphatic rings. The molecule has 4 heteroatoms. The van der Waals surface area contributed by atoms with Crippen LogP contribution in [0.15, 0.2) is 18.2 Å². The van der Waals surface area contributed by atoms with Gasteiger partial charge in [0.05, 0.1) is 0 Å². The van der Waals surface area contributed by atoms with Crippen molar-refractivity contribution < 1.29 is 4.39 Å². The summed E-state index contributed by atoms with van der Waals surface area (Å²) >= 11 is 0. The van der Waals surface area contributed by atoms with Gasteiger partial charge in [-0.05, 0) is 56.3 Å². The summed E-state index contributed by atoms with van der Waals surface area (Å²) in [4.78, 5) is 2.39. The Morgan fingerprint density at radius 1 is 1.40 bits per heavy atom. The quantitative estimate of drug-likeness (QED) is 0.903. The Balaban J connectivity index is 0.00000200. The first-order valence-electron chi connectivity index (χ1n) is 7.43. The van der Waals surface area contributed by atoms with E-state index in [1.54, 1.807) is 6.07 Å². The highest BCUT2D eigenvalue weighted by Crippen LogP contribution is 2.23. The Hall–Kier alpha value is -0.640. The molecule has 0 radical (unpaired) electrons. The zero-order valence-electron chi connectivity index (χ0n) is 12.3. The van der Waals surface area contributed by atoms with Crippen LogP contribution in [0.1, 0.15) is 37.3 Å². The van der Waals surface area contributed by atoms with Crippen LogP contribution in [0.2, 0.25) is 0 Å². The van der Waals surface area contributed by atoms with Crippen LogP contribution in [0.4, 0.5) is 4.39 Å². The molecule has 0 spiro atoms. The van der Waals surface area contributed by atoms with Gasteiger partial charge in [-0.25, -0.2) is 4.39 Å². The Morgan fingerprint density at radius 2 is 2.20 bits per heavy atom. The minimum atomic E-state index is -0.0553. The zero-order valence-corrected chi connectivity index (χ0v) is 13.1. The van der Waals surface area contributed by atoms with Crippen LogP contribution in [-0.4, -0.2) is 24.5 Å². The number of aryl methyl sites for hydroxylation is 1. The van der Waals surface area contributed by atoms with Gasteiger partial charge < -0.3 is 5.73 Å². The predicted molar refractivity (Wildman–Crippen MR) is 84.7 cm³/mol. The number of nitrogens with zero attached hydrogens (tertiary/aromatic N) is 1. The SMILES string of the molecule is CCc1cccc(F)c1CN1CCCC(CCN)C1.Cl. The summed E-state index contributed by atoms with van der Waals surface area (Å²) in [6, 6.07) is 5.43. The van der Waals surface area contributed by atoms with E-state index in [4.69, 9.17) is 5.73 Å². The van der Waals surface area contributed by atoms with E-state index in [1.807, 2.05) is 12.1 Å². The molecule has 114 valence electrons. The van der Waals surface area contributed by atoms with Gasteiger partial charge in [-0.3, -0.25) is 4.90 Å². The second kappa shape index (κ2) is 8.60. The van der Waals surface area contributed by atoms with Crippen molar-refractivity contribution in [1.82, 2.24) is 4.90 Å². The van der Waals surface area contributed by atoms with Gasteiger partial charge in [0, 0.05) is 18.7 Å². The molecule has 1 unspecified atom stereocenters. The van der Waals surface area contributed by atoms with Gasteiger partial charge in [-0.15, -0.1) is 12.4 Å². The summed E-state index contributed by atoms with van der Waals surface area (Å²) in [6.07, 6.45) is 4.47. The molecule has 0 aliphatic carbocycles. The Morgan fingerprint density at radius 3 is 2.90 bits per heavy atom. The van der Waals surface area contributed by atoms with Crippen LogP contribution in [0.25, 0.3) is 0 Å². The first kappa shape index (κ1) is 17.4. The highest BCUT2D eigenvalue weighted by Gasteiger charge is 2.21. The third kappa shape index (κ3) is 4.44. The minimum Gasteiger partial charge on any atom is -0.330 e. The standard InChI is InChI=1S/C16H25FN2.ClH/c1-2-14-6-3-7-16(17)15(14)12-19-10-4-5-13(11-19)8-9-18;/h3,6-7,13H,2,4-5,8-12,18H2,1H3;1H. The number of piperidine rings is 1. The van der Waals surface area contributed by atoms with Crippen molar-refractivity contribution in [2.75, 3.05) is 19.6 Å². The average Bonchev–Trinajstić information content (AvgIpc) is 2.42. The van der Waals surface area contributed by atoms with Crippen molar-refractivity contribution >= 4 is 12.4 Å². The van der Waals surface area contributed by atoms with Crippen molar-refractivity contribution in [3.8, 4) is 0 Å². The molecule has 0 aromatic heterocycles. The predicted octanol–water partition coefficient (Wildman–Crippen LogP) is 3.37. The number of halogens is 2. The lowest BCUT2D eigenvalue weighted by Crippen LogP contribution is -2.36. The molecule has 1 aromatic rings. The maximum atomic E-state index is 14.0. The largest absolute Gasteiger partial charge is 0.330 e. The molecule has 1 heterocycles. The second-order valence-corrected chi connectivity index (χ2v) is 5.55. The molecule has 2 rings (SSSR count). The molecule has 1 saturated heterocycles. The van der Waals surface area contributed by atoms with E-state index >= 15 is 0 Å². The molecule has 0 bridgehead atoms. The molecular weight excluding hydrogens is 275 g/mol. The fourth-order valence-electron chi connectivity index (χ4n) is 3.10. The highest BCUT2D eigenvalue weighted by atomic mass is 35.5. The van der Waals surface area contributed by atoms with Crippen LogP contribution in [0.3, 0.4) is 0 Å². The fourth-order valence-corrected chi connectivity index (χ4v) is 3.10. The number of likely N-dealkylation sites (tertiary alicyclic amines) is 1. The lowest BCUT2D eigenvalue weighted by atomic mass is 9.94. The summed E-state index contributed by atoms with van der Waals surface area (Å²) < 4.78 is 14.0. The van der Waals surface area contributed by atoms with Crippen LogP contribution >= 0.6 is 12.4 Å². The van der Waals surface area contributed by atoms with Gasteiger partial charge in [0.25, 0.3) is 0 Å². The van der Waals surface area contributed by atoms with E-state index in [9.17, 15) is 4.39 Å². The molecule has 0 amide bonds. The Labute approximate surface area is 127 Å². The van der Waals surface area contributed by atoms with Crippen molar-refractivity contribution in [2.24, 2.45) is 11.7 Å². The third-order valence-corrected chi connectivity index (χ3v) is 4.16.